The Labute approximate surface area is 122 Å². The summed E-state index contributed by atoms with van der Waals surface area (Å²) in [6, 6.07) is 5.90. The van der Waals surface area contributed by atoms with Crippen molar-refractivity contribution < 1.29 is 4.42 Å². The van der Waals surface area contributed by atoms with Crippen molar-refractivity contribution >= 4 is 23.6 Å². The first-order valence-corrected chi connectivity index (χ1v) is 7.10. The van der Waals surface area contributed by atoms with Crippen molar-refractivity contribution in [2.24, 2.45) is 10.7 Å². The van der Waals surface area contributed by atoms with E-state index in [0.29, 0.717) is 13.1 Å². The van der Waals surface area contributed by atoms with Crippen LogP contribution in [0.25, 0.3) is 0 Å². The third-order valence-electron chi connectivity index (χ3n) is 3.32. The highest BCUT2D eigenvalue weighted by atomic mass is 35.5. The molecule has 5 nitrogen and oxygen atoms in total. The number of aromatic nitrogens is 1. The minimum absolute atomic E-state index is 0.423. The maximum Gasteiger partial charge on any atom is 0.199 e. The van der Waals surface area contributed by atoms with Crippen molar-refractivity contribution in [3.63, 3.8) is 0 Å². The van der Waals surface area contributed by atoms with Crippen molar-refractivity contribution in [2.45, 2.75) is 25.0 Å². The molecule has 2 aromatic heterocycles. The number of hydrogen-bond donors (Lipinski definition) is 2. The molecule has 3 heterocycles. The second-order valence-corrected chi connectivity index (χ2v) is 5.18. The molecule has 3 N–H and O–H groups in total. The molecule has 3 rings (SSSR count). The molecule has 0 radical (unpaired) electrons. The Bertz CT molecular complexity index is 590. The minimum Gasteiger partial charge on any atom is -0.467 e. The lowest BCUT2D eigenvalue weighted by atomic mass is 10.2. The van der Waals surface area contributed by atoms with Gasteiger partial charge in [-0.1, -0.05) is 11.6 Å². The van der Waals surface area contributed by atoms with Crippen molar-refractivity contribution in [1.29, 1.82) is 0 Å². The Kier molecular flexibility index (Phi) is 3.80. The van der Waals surface area contributed by atoms with Crippen LogP contribution in [-0.2, 0) is 13.0 Å². The molecule has 106 valence electrons. The van der Waals surface area contributed by atoms with Crippen LogP contribution in [0, 0.1) is 0 Å². The first-order valence-electron chi connectivity index (χ1n) is 6.66. The number of rotatable bonds is 5. The molecule has 0 amide bonds. The number of nitrogens with one attached hydrogen (secondary N) is 1. The van der Waals surface area contributed by atoms with Gasteiger partial charge in [0, 0.05) is 17.5 Å². The first-order chi connectivity index (χ1) is 9.78. The maximum atomic E-state index is 6.29. The van der Waals surface area contributed by atoms with Gasteiger partial charge in [-0.3, -0.25) is 4.99 Å². The number of fused-ring (bicyclic) bond motifs is 1. The van der Waals surface area contributed by atoms with E-state index in [4.69, 9.17) is 21.8 Å². The quantitative estimate of drug-likeness (QED) is 0.657. The van der Waals surface area contributed by atoms with Gasteiger partial charge in [-0.15, -0.1) is 0 Å². The summed E-state index contributed by atoms with van der Waals surface area (Å²) in [7, 11) is 0. The molecule has 1 unspecified atom stereocenters. The number of nitrogens with zero attached hydrogens (tertiary/aromatic N) is 2. The zero-order valence-electron chi connectivity index (χ0n) is 11.1. The molecule has 6 heteroatoms. The number of H-pyrrole nitrogens is 1. The van der Waals surface area contributed by atoms with Crippen LogP contribution in [0.15, 0.2) is 33.9 Å². The van der Waals surface area contributed by atoms with E-state index < -0.39 is 5.62 Å². The summed E-state index contributed by atoms with van der Waals surface area (Å²) in [5, 5.41) is 0. The van der Waals surface area contributed by atoms with Gasteiger partial charge in [0.2, 0.25) is 0 Å². The van der Waals surface area contributed by atoms with Crippen molar-refractivity contribution in [1.82, 2.24) is 4.98 Å². The Morgan fingerprint density at radius 2 is 2.40 bits per heavy atom. The van der Waals surface area contributed by atoms with E-state index in [1.165, 1.54) is 0 Å². The summed E-state index contributed by atoms with van der Waals surface area (Å²) < 4.78 is 5.39. The highest BCUT2D eigenvalue weighted by molar-refractivity contribution is 6.22. The molecule has 0 saturated carbocycles. The molecule has 0 fully saturated rings. The van der Waals surface area contributed by atoms with Crippen LogP contribution in [0.2, 0.25) is 0 Å². The Morgan fingerprint density at radius 3 is 3.15 bits per heavy atom. The van der Waals surface area contributed by atoms with E-state index in [0.717, 1.165) is 35.7 Å². The van der Waals surface area contributed by atoms with Gasteiger partial charge >= 0.3 is 0 Å². The lowest BCUT2D eigenvalue weighted by Crippen LogP contribution is -2.32. The zero-order valence-corrected chi connectivity index (χ0v) is 11.8. The molecular formula is C14H17ClN4O. The number of anilines is 1. The zero-order chi connectivity index (χ0) is 13.9. The SMILES string of the molecule is NCCCc1cc2c([nH]1)N(Cc1ccco1)C(Cl)N=C2. The van der Waals surface area contributed by atoms with Crippen LogP contribution in [-0.4, -0.2) is 23.4 Å². The highest BCUT2D eigenvalue weighted by Gasteiger charge is 2.24. The van der Waals surface area contributed by atoms with Gasteiger partial charge in [-0.05, 0) is 37.6 Å². The largest absolute Gasteiger partial charge is 0.467 e. The molecule has 0 aromatic carbocycles. The van der Waals surface area contributed by atoms with Crippen molar-refractivity contribution in [2.75, 3.05) is 11.4 Å². The van der Waals surface area contributed by atoms with Gasteiger partial charge in [0.15, 0.2) is 5.62 Å². The molecule has 0 saturated heterocycles. The van der Waals surface area contributed by atoms with Crippen LogP contribution < -0.4 is 10.6 Å². The van der Waals surface area contributed by atoms with Gasteiger partial charge < -0.3 is 20.0 Å². The van der Waals surface area contributed by atoms with E-state index in [9.17, 15) is 0 Å². The third kappa shape index (κ3) is 2.59. The van der Waals surface area contributed by atoms with Crippen LogP contribution >= 0.6 is 11.6 Å². The van der Waals surface area contributed by atoms with E-state index >= 15 is 0 Å². The van der Waals surface area contributed by atoms with Crippen LogP contribution in [0.4, 0.5) is 5.82 Å². The minimum atomic E-state index is -0.423. The number of furan rings is 1. The van der Waals surface area contributed by atoms with E-state index in [-0.39, 0.29) is 0 Å². The summed E-state index contributed by atoms with van der Waals surface area (Å²) >= 11 is 6.29. The van der Waals surface area contributed by atoms with Gasteiger partial charge in [0.05, 0.1) is 12.8 Å². The molecule has 1 atom stereocenters. The summed E-state index contributed by atoms with van der Waals surface area (Å²) in [5.74, 6) is 1.85. The number of halogens is 1. The Balaban J connectivity index is 1.84. The van der Waals surface area contributed by atoms with Crippen molar-refractivity contribution in [3.05, 3.63) is 41.5 Å². The van der Waals surface area contributed by atoms with Crippen LogP contribution in [0.5, 0.6) is 0 Å². The van der Waals surface area contributed by atoms with E-state index in [1.807, 2.05) is 23.2 Å². The highest BCUT2D eigenvalue weighted by Crippen LogP contribution is 2.29. The Hall–Kier alpha value is -1.72. The lowest BCUT2D eigenvalue weighted by molar-refractivity contribution is 0.498. The Morgan fingerprint density at radius 1 is 1.50 bits per heavy atom. The van der Waals surface area contributed by atoms with Crippen LogP contribution in [0.3, 0.4) is 0 Å². The normalized spacial score (nSPS) is 17.5. The average molecular weight is 293 g/mol. The summed E-state index contributed by atoms with van der Waals surface area (Å²) in [5.41, 5.74) is 7.34. The standard InChI is InChI=1S/C14H17ClN4O/c15-14-17-8-10-7-11(3-1-5-16)18-13(10)19(14)9-12-4-2-6-20-12/h2,4,6-8,14,18H,1,3,5,9,16H2. The number of aromatic amines is 1. The first kappa shape index (κ1) is 13.3. The number of aliphatic imine (C=N–C) groups is 1. The number of aryl methyl sites for hydroxylation is 1. The predicted molar refractivity (Wildman–Crippen MR) is 80.3 cm³/mol. The number of hydrogen-bond acceptors (Lipinski definition) is 4. The van der Waals surface area contributed by atoms with Gasteiger partial charge in [-0.25, -0.2) is 0 Å². The fourth-order valence-electron chi connectivity index (χ4n) is 2.33. The molecule has 0 bridgehead atoms. The topological polar surface area (TPSA) is 70.6 Å². The summed E-state index contributed by atoms with van der Waals surface area (Å²) in [6.07, 6.45) is 5.36. The monoisotopic (exact) mass is 292 g/mol. The molecule has 0 spiro atoms. The van der Waals surface area contributed by atoms with Crippen molar-refractivity contribution in [3.8, 4) is 0 Å². The predicted octanol–water partition coefficient (Wildman–Crippen LogP) is 2.46. The molecular weight excluding hydrogens is 276 g/mol. The second kappa shape index (κ2) is 5.73. The fraction of sp³-hybridized carbons (Fsp3) is 0.357. The average Bonchev–Trinajstić information content (AvgIpc) is 3.08. The van der Waals surface area contributed by atoms with Gasteiger partial charge in [0.25, 0.3) is 0 Å². The molecule has 20 heavy (non-hydrogen) atoms. The molecule has 2 aromatic rings. The summed E-state index contributed by atoms with van der Waals surface area (Å²) in [4.78, 5) is 9.71. The molecule has 1 aliphatic heterocycles. The smallest absolute Gasteiger partial charge is 0.199 e. The van der Waals surface area contributed by atoms with Crippen LogP contribution in [0.1, 0.15) is 23.4 Å². The number of alkyl halides is 1. The summed E-state index contributed by atoms with van der Waals surface area (Å²) in [6.45, 7) is 1.27. The van der Waals surface area contributed by atoms with Gasteiger partial charge in [-0.2, -0.15) is 0 Å². The third-order valence-corrected chi connectivity index (χ3v) is 3.67. The maximum absolute atomic E-state index is 6.29. The van der Waals surface area contributed by atoms with E-state index in [1.54, 1.807) is 6.26 Å². The number of nitrogens with two attached hydrogens (primary N) is 1. The molecule has 1 aliphatic rings. The van der Waals surface area contributed by atoms with Gasteiger partial charge in [0.1, 0.15) is 11.6 Å². The molecule has 0 aliphatic carbocycles. The lowest BCUT2D eigenvalue weighted by Gasteiger charge is -2.28. The second-order valence-electron chi connectivity index (χ2n) is 4.79. The fourth-order valence-corrected chi connectivity index (χ4v) is 2.56. The van der Waals surface area contributed by atoms with E-state index in [2.05, 4.69) is 16.0 Å².